The van der Waals surface area contributed by atoms with Gasteiger partial charge in [0.05, 0.1) is 21.0 Å². The molecule has 8 heteroatoms. The Bertz CT molecular complexity index is 768. The van der Waals surface area contributed by atoms with Crippen molar-refractivity contribution in [3.05, 3.63) is 67.8 Å². The van der Waals surface area contributed by atoms with Gasteiger partial charge < -0.3 is 5.11 Å². The maximum absolute atomic E-state index is 11.3. The topological polar surface area (TPSA) is 124 Å². The molecule has 2 rings (SSSR count). The van der Waals surface area contributed by atoms with Gasteiger partial charge in [0.1, 0.15) is 0 Å². The third-order valence-electron chi connectivity index (χ3n) is 3.16. The van der Waals surface area contributed by atoms with E-state index in [1.54, 1.807) is 0 Å². The summed E-state index contributed by atoms with van der Waals surface area (Å²) in [5.74, 6) is -1.31. The number of carboxylic acids is 1. The second kappa shape index (κ2) is 5.60. The molecule has 8 nitrogen and oxygen atoms in total. The molecule has 0 spiro atoms. The van der Waals surface area contributed by atoms with Gasteiger partial charge in [0.25, 0.3) is 11.4 Å². The van der Waals surface area contributed by atoms with Crippen LogP contribution in [0.2, 0.25) is 0 Å². The summed E-state index contributed by atoms with van der Waals surface area (Å²) in [5, 5.41) is 31.2. The van der Waals surface area contributed by atoms with Crippen LogP contribution in [0, 0.1) is 27.2 Å². The highest BCUT2D eigenvalue weighted by atomic mass is 16.6. The average molecular weight is 302 g/mol. The standard InChI is InChI=1S/C14H10N2O6/c1-8-7-9(15(19)20)5-6-10(8)13-11(14(17)18)3-2-4-12(13)16(21)22/h2-7H,1H3,(H,17,18). The molecule has 0 unspecified atom stereocenters. The van der Waals surface area contributed by atoms with Gasteiger partial charge >= 0.3 is 5.97 Å². The summed E-state index contributed by atoms with van der Waals surface area (Å²) in [4.78, 5) is 32.0. The minimum absolute atomic E-state index is 0.0626. The Hall–Kier alpha value is -3.29. The molecule has 0 radical (unpaired) electrons. The van der Waals surface area contributed by atoms with Crippen LogP contribution in [-0.4, -0.2) is 20.9 Å². The summed E-state index contributed by atoms with van der Waals surface area (Å²) >= 11 is 0. The molecular formula is C14H10N2O6. The van der Waals surface area contributed by atoms with Gasteiger partial charge in [-0.3, -0.25) is 20.2 Å². The predicted molar refractivity (Wildman–Crippen MR) is 76.9 cm³/mol. The molecule has 0 saturated heterocycles. The van der Waals surface area contributed by atoms with Crippen LogP contribution >= 0.6 is 0 Å². The summed E-state index contributed by atoms with van der Waals surface area (Å²) in [5.41, 5.74) is -0.173. The lowest BCUT2D eigenvalue weighted by atomic mass is 9.94. The van der Waals surface area contributed by atoms with Crippen molar-refractivity contribution in [2.24, 2.45) is 0 Å². The fraction of sp³-hybridized carbons (Fsp3) is 0.0714. The SMILES string of the molecule is Cc1cc([N+](=O)[O-])ccc1-c1c(C(=O)O)cccc1[N+](=O)[O-]. The zero-order valence-corrected chi connectivity index (χ0v) is 11.3. The lowest BCUT2D eigenvalue weighted by molar-refractivity contribution is -0.385. The number of non-ortho nitro benzene ring substituents is 1. The van der Waals surface area contributed by atoms with Crippen molar-refractivity contribution in [3.8, 4) is 11.1 Å². The van der Waals surface area contributed by atoms with Crippen LogP contribution < -0.4 is 0 Å². The predicted octanol–water partition coefficient (Wildman–Crippen LogP) is 3.18. The van der Waals surface area contributed by atoms with E-state index < -0.39 is 15.8 Å². The van der Waals surface area contributed by atoms with Gasteiger partial charge in [0.2, 0.25) is 0 Å². The Kier molecular flexibility index (Phi) is 3.85. The van der Waals surface area contributed by atoms with E-state index in [2.05, 4.69) is 0 Å². The van der Waals surface area contributed by atoms with Crippen LogP contribution in [0.4, 0.5) is 11.4 Å². The molecule has 112 valence electrons. The van der Waals surface area contributed by atoms with Crippen molar-refractivity contribution in [3.63, 3.8) is 0 Å². The highest BCUT2D eigenvalue weighted by Gasteiger charge is 2.24. The largest absolute Gasteiger partial charge is 0.478 e. The maximum Gasteiger partial charge on any atom is 0.336 e. The number of benzene rings is 2. The van der Waals surface area contributed by atoms with Gasteiger partial charge in [0, 0.05) is 18.2 Å². The zero-order chi connectivity index (χ0) is 16.4. The first kappa shape index (κ1) is 15.1. The number of aromatic carboxylic acids is 1. The number of hydrogen-bond acceptors (Lipinski definition) is 5. The van der Waals surface area contributed by atoms with Crippen LogP contribution in [0.25, 0.3) is 11.1 Å². The van der Waals surface area contributed by atoms with E-state index in [0.717, 1.165) is 0 Å². The third kappa shape index (κ3) is 2.62. The Morgan fingerprint density at radius 1 is 1.09 bits per heavy atom. The molecule has 0 heterocycles. The summed E-state index contributed by atoms with van der Waals surface area (Å²) in [6, 6.07) is 7.49. The van der Waals surface area contributed by atoms with E-state index in [1.165, 1.54) is 43.3 Å². The van der Waals surface area contributed by atoms with Crippen molar-refractivity contribution in [1.29, 1.82) is 0 Å². The van der Waals surface area contributed by atoms with Crippen molar-refractivity contribution in [2.75, 3.05) is 0 Å². The fourth-order valence-corrected chi connectivity index (χ4v) is 2.20. The Balaban J connectivity index is 2.78. The van der Waals surface area contributed by atoms with Crippen LogP contribution in [0.5, 0.6) is 0 Å². The highest BCUT2D eigenvalue weighted by molar-refractivity contribution is 5.99. The van der Waals surface area contributed by atoms with Crippen LogP contribution in [0.15, 0.2) is 36.4 Å². The highest BCUT2D eigenvalue weighted by Crippen LogP contribution is 2.36. The number of hydrogen-bond donors (Lipinski definition) is 1. The van der Waals surface area contributed by atoms with Crippen molar-refractivity contribution in [2.45, 2.75) is 6.92 Å². The van der Waals surface area contributed by atoms with Crippen LogP contribution in [-0.2, 0) is 0 Å². The smallest absolute Gasteiger partial charge is 0.336 e. The first-order chi connectivity index (χ1) is 10.3. The summed E-state index contributed by atoms with van der Waals surface area (Å²) in [6.07, 6.45) is 0. The lowest BCUT2D eigenvalue weighted by Gasteiger charge is -2.10. The molecule has 0 fully saturated rings. The van der Waals surface area contributed by atoms with Crippen LogP contribution in [0.1, 0.15) is 15.9 Å². The van der Waals surface area contributed by atoms with Crippen molar-refractivity contribution in [1.82, 2.24) is 0 Å². The van der Waals surface area contributed by atoms with Gasteiger partial charge in [-0.2, -0.15) is 0 Å². The lowest BCUT2D eigenvalue weighted by Crippen LogP contribution is -2.04. The third-order valence-corrected chi connectivity index (χ3v) is 3.16. The summed E-state index contributed by atoms with van der Waals surface area (Å²) < 4.78 is 0. The van der Waals surface area contributed by atoms with E-state index in [4.69, 9.17) is 0 Å². The second-order valence-corrected chi connectivity index (χ2v) is 4.52. The number of carboxylic acid groups (broad SMARTS) is 1. The van der Waals surface area contributed by atoms with Crippen LogP contribution in [0.3, 0.4) is 0 Å². The number of nitro groups is 2. The van der Waals surface area contributed by atoms with E-state index in [-0.39, 0.29) is 28.1 Å². The molecule has 0 aromatic heterocycles. The Morgan fingerprint density at radius 3 is 2.27 bits per heavy atom. The molecule has 2 aromatic rings. The monoisotopic (exact) mass is 302 g/mol. The maximum atomic E-state index is 11.3. The molecule has 0 amide bonds. The quantitative estimate of drug-likeness (QED) is 0.683. The van der Waals surface area contributed by atoms with Crippen molar-refractivity contribution >= 4 is 17.3 Å². The molecule has 0 aliphatic heterocycles. The Morgan fingerprint density at radius 2 is 1.77 bits per heavy atom. The summed E-state index contributed by atoms with van der Waals surface area (Å²) in [6.45, 7) is 1.53. The molecule has 0 saturated carbocycles. The number of rotatable bonds is 4. The molecule has 2 aromatic carbocycles. The molecule has 0 aliphatic carbocycles. The van der Waals surface area contributed by atoms with Gasteiger partial charge in [-0.25, -0.2) is 4.79 Å². The molecule has 0 bridgehead atoms. The normalized spacial score (nSPS) is 10.2. The van der Waals surface area contributed by atoms with E-state index in [1.807, 2.05) is 0 Å². The molecule has 0 aliphatic rings. The van der Waals surface area contributed by atoms with Gasteiger partial charge in [-0.15, -0.1) is 0 Å². The first-order valence-corrected chi connectivity index (χ1v) is 6.09. The fourth-order valence-electron chi connectivity index (χ4n) is 2.20. The average Bonchev–Trinajstić information content (AvgIpc) is 2.46. The minimum atomic E-state index is -1.31. The molecule has 1 N–H and O–H groups in total. The minimum Gasteiger partial charge on any atom is -0.478 e. The van der Waals surface area contributed by atoms with Gasteiger partial charge in [-0.05, 0) is 30.2 Å². The van der Waals surface area contributed by atoms with E-state index in [0.29, 0.717) is 5.56 Å². The van der Waals surface area contributed by atoms with Crippen molar-refractivity contribution < 1.29 is 19.7 Å². The number of nitro benzene ring substituents is 2. The molecular weight excluding hydrogens is 292 g/mol. The number of nitrogens with zero attached hydrogens (tertiary/aromatic N) is 2. The molecule has 0 atom stereocenters. The number of aryl methyl sites for hydroxylation is 1. The Labute approximate surface area is 123 Å². The van der Waals surface area contributed by atoms with E-state index in [9.17, 15) is 30.1 Å². The zero-order valence-electron chi connectivity index (χ0n) is 11.3. The first-order valence-electron chi connectivity index (χ1n) is 6.09. The van der Waals surface area contributed by atoms with Gasteiger partial charge in [-0.1, -0.05) is 6.07 Å². The number of carbonyl (C=O) groups is 1. The summed E-state index contributed by atoms with van der Waals surface area (Å²) in [7, 11) is 0. The van der Waals surface area contributed by atoms with Gasteiger partial charge in [0.15, 0.2) is 0 Å². The van der Waals surface area contributed by atoms with E-state index >= 15 is 0 Å². The molecule has 22 heavy (non-hydrogen) atoms. The second-order valence-electron chi connectivity index (χ2n) is 4.52.